The lowest BCUT2D eigenvalue weighted by molar-refractivity contribution is -0.138. The first-order valence-corrected chi connectivity index (χ1v) is 9.94. The zero-order valence-corrected chi connectivity index (χ0v) is 17.4. The van der Waals surface area contributed by atoms with Crippen molar-refractivity contribution in [1.82, 2.24) is 9.88 Å². The van der Waals surface area contributed by atoms with E-state index in [0.29, 0.717) is 32.0 Å². The predicted octanol–water partition coefficient (Wildman–Crippen LogP) is 4.26. The fraction of sp³-hybridized carbons (Fsp3) is 0.455. The summed E-state index contributed by atoms with van der Waals surface area (Å²) in [6.07, 6.45) is -3.56. The Morgan fingerprint density at radius 3 is 2.40 bits per heavy atom. The van der Waals surface area contributed by atoms with Crippen molar-refractivity contribution in [2.75, 3.05) is 37.7 Å². The van der Waals surface area contributed by atoms with Crippen LogP contribution in [-0.2, 0) is 11.0 Å². The predicted molar refractivity (Wildman–Crippen MR) is 109 cm³/mol. The van der Waals surface area contributed by atoms with Crippen LogP contribution in [0.4, 0.5) is 19.0 Å². The Balaban J connectivity index is 1.54. The standard InChI is InChI=1S/C22H26F3N3O2/c1-15(2)18-6-4-16(3)12-19(18)30-14-21(29)28-10-8-27(9-11-28)20-7-5-17(13-26-20)22(23,24)25/h4-7,12-13,15H,8-11,14H2,1-3H3. The number of hydrogen-bond donors (Lipinski definition) is 0. The van der Waals surface area contributed by atoms with E-state index >= 15 is 0 Å². The third kappa shape index (κ3) is 5.23. The van der Waals surface area contributed by atoms with Crippen molar-refractivity contribution in [3.05, 3.63) is 53.2 Å². The molecule has 0 radical (unpaired) electrons. The highest BCUT2D eigenvalue weighted by atomic mass is 19.4. The minimum Gasteiger partial charge on any atom is -0.483 e. The van der Waals surface area contributed by atoms with Crippen LogP contribution < -0.4 is 9.64 Å². The lowest BCUT2D eigenvalue weighted by atomic mass is 10.0. The zero-order chi connectivity index (χ0) is 21.9. The molecular weight excluding hydrogens is 395 g/mol. The van der Waals surface area contributed by atoms with Crippen LogP contribution in [-0.4, -0.2) is 48.6 Å². The maximum atomic E-state index is 12.7. The average molecular weight is 421 g/mol. The van der Waals surface area contributed by atoms with Crippen molar-refractivity contribution in [3.8, 4) is 5.75 Å². The summed E-state index contributed by atoms with van der Waals surface area (Å²) in [5.74, 6) is 1.39. The van der Waals surface area contributed by atoms with Crippen LogP contribution in [0.1, 0.15) is 36.5 Å². The summed E-state index contributed by atoms with van der Waals surface area (Å²) in [6, 6.07) is 8.39. The molecule has 0 unspecified atom stereocenters. The average Bonchev–Trinajstić information content (AvgIpc) is 2.71. The Morgan fingerprint density at radius 1 is 1.13 bits per heavy atom. The van der Waals surface area contributed by atoms with E-state index in [-0.39, 0.29) is 18.4 Å². The van der Waals surface area contributed by atoms with Crippen LogP contribution in [0.2, 0.25) is 0 Å². The van der Waals surface area contributed by atoms with Gasteiger partial charge in [-0.2, -0.15) is 13.2 Å². The quantitative estimate of drug-likeness (QED) is 0.724. The van der Waals surface area contributed by atoms with E-state index in [4.69, 9.17) is 4.74 Å². The van der Waals surface area contributed by atoms with Crippen molar-refractivity contribution < 1.29 is 22.7 Å². The number of rotatable bonds is 5. The maximum Gasteiger partial charge on any atom is 0.417 e. The van der Waals surface area contributed by atoms with Gasteiger partial charge in [-0.05, 0) is 42.2 Å². The molecule has 2 aromatic rings. The lowest BCUT2D eigenvalue weighted by Gasteiger charge is -2.35. The van der Waals surface area contributed by atoms with Gasteiger partial charge in [-0.1, -0.05) is 26.0 Å². The Morgan fingerprint density at radius 2 is 1.83 bits per heavy atom. The number of carbonyl (C=O) groups is 1. The summed E-state index contributed by atoms with van der Waals surface area (Å²) < 4.78 is 43.9. The molecule has 5 nitrogen and oxygen atoms in total. The van der Waals surface area contributed by atoms with Gasteiger partial charge >= 0.3 is 6.18 Å². The number of alkyl halides is 3. The Bertz CT molecular complexity index is 874. The van der Waals surface area contributed by atoms with Gasteiger partial charge in [0.05, 0.1) is 5.56 Å². The topological polar surface area (TPSA) is 45.7 Å². The largest absolute Gasteiger partial charge is 0.483 e. The molecule has 1 aromatic carbocycles. The molecule has 3 rings (SSSR count). The first kappa shape index (κ1) is 21.9. The molecule has 0 aliphatic carbocycles. The van der Waals surface area contributed by atoms with Crippen LogP contribution in [0.25, 0.3) is 0 Å². The number of ether oxygens (including phenoxy) is 1. The highest BCUT2D eigenvalue weighted by Gasteiger charge is 2.31. The minimum atomic E-state index is -4.40. The summed E-state index contributed by atoms with van der Waals surface area (Å²) in [5, 5.41) is 0. The Hall–Kier alpha value is -2.77. The second-order valence-electron chi connectivity index (χ2n) is 7.76. The number of carbonyl (C=O) groups excluding carboxylic acids is 1. The Labute approximate surface area is 174 Å². The second-order valence-corrected chi connectivity index (χ2v) is 7.76. The number of halogens is 3. The van der Waals surface area contributed by atoms with E-state index < -0.39 is 11.7 Å². The molecule has 162 valence electrons. The van der Waals surface area contributed by atoms with E-state index in [9.17, 15) is 18.0 Å². The lowest BCUT2D eigenvalue weighted by Crippen LogP contribution is -2.50. The number of benzene rings is 1. The molecule has 0 spiro atoms. The summed E-state index contributed by atoms with van der Waals surface area (Å²) in [5.41, 5.74) is 1.36. The van der Waals surface area contributed by atoms with Crippen LogP contribution in [0.3, 0.4) is 0 Å². The van der Waals surface area contributed by atoms with Crippen LogP contribution in [0, 0.1) is 6.92 Å². The van der Waals surface area contributed by atoms with Crippen molar-refractivity contribution in [1.29, 1.82) is 0 Å². The van der Waals surface area contributed by atoms with E-state index in [1.54, 1.807) is 4.90 Å². The van der Waals surface area contributed by atoms with E-state index in [1.807, 2.05) is 30.0 Å². The third-order valence-corrected chi connectivity index (χ3v) is 5.17. The number of pyridine rings is 1. The maximum absolute atomic E-state index is 12.7. The summed E-state index contributed by atoms with van der Waals surface area (Å²) in [6.45, 7) is 8.04. The van der Waals surface area contributed by atoms with Gasteiger partial charge < -0.3 is 14.5 Å². The first-order chi connectivity index (χ1) is 14.1. The van der Waals surface area contributed by atoms with Crippen LogP contribution in [0.5, 0.6) is 5.75 Å². The van der Waals surface area contributed by atoms with Gasteiger partial charge in [-0.25, -0.2) is 4.98 Å². The molecule has 1 aromatic heterocycles. The van der Waals surface area contributed by atoms with Gasteiger partial charge in [0.25, 0.3) is 5.91 Å². The van der Waals surface area contributed by atoms with Gasteiger partial charge in [0.2, 0.25) is 0 Å². The van der Waals surface area contributed by atoms with Gasteiger partial charge in [-0.3, -0.25) is 4.79 Å². The number of piperazine rings is 1. The van der Waals surface area contributed by atoms with Gasteiger partial charge in [0.1, 0.15) is 11.6 Å². The zero-order valence-electron chi connectivity index (χ0n) is 17.4. The highest BCUT2D eigenvalue weighted by Crippen LogP contribution is 2.30. The van der Waals surface area contributed by atoms with Crippen LogP contribution >= 0.6 is 0 Å². The normalized spacial score (nSPS) is 14.9. The molecule has 0 N–H and O–H groups in total. The Kier molecular flexibility index (Phi) is 6.53. The summed E-state index contributed by atoms with van der Waals surface area (Å²) in [4.78, 5) is 20.1. The molecule has 1 saturated heterocycles. The van der Waals surface area contributed by atoms with Gasteiger partial charge in [0, 0.05) is 32.4 Å². The van der Waals surface area contributed by atoms with Crippen molar-refractivity contribution in [2.45, 2.75) is 32.9 Å². The number of anilines is 1. The highest BCUT2D eigenvalue weighted by molar-refractivity contribution is 5.78. The number of nitrogens with zero attached hydrogens (tertiary/aromatic N) is 3. The molecule has 0 atom stereocenters. The molecule has 0 saturated carbocycles. The van der Waals surface area contributed by atoms with Gasteiger partial charge in [-0.15, -0.1) is 0 Å². The molecular formula is C22H26F3N3O2. The number of aryl methyl sites for hydroxylation is 1. The smallest absolute Gasteiger partial charge is 0.417 e. The van der Waals surface area contributed by atoms with Crippen molar-refractivity contribution >= 4 is 11.7 Å². The molecule has 1 fully saturated rings. The molecule has 2 heterocycles. The summed E-state index contributed by atoms with van der Waals surface area (Å²) in [7, 11) is 0. The molecule has 1 aliphatic rings. The van der Waals surface area contributed by atoms with Gasteiger partial charge in [0.15, 0.2) is 6.61 Å². The molecule has 0 bridgehead atoms. The molecule has 30 heavy (non-hydrogen) atoms. The molecule has 8 heteroatoms. The summed E-state index contributed by atoms with van der Waals surface area (Å²) >= 11 is 0. The van der Waals surface area contributed by atoms with Crippen molar-refractivity contribution in [2.24, 2.45) is 0 Å². The molecule has 1 amide bonds. The van der Waals surface area contributed by atoms with E-state index in [1.165, 1.54) is 6.07 Å². The fourth-order valence-electron chi connectivity index (χ4n) is 3.40. The van der Waals surface area contributed by atoms with E-state index in [0.717, 1.165) is 29.1 Å². The number of aromatic nitrogens is 1. The number of amides is 1. The SMILES string of the molecule is Cc1ccc(C(C)C)c(OCC(=O)N2CCN(c3ccc(C(F)(F)F)cn3)CC2)c1. The van der Waals surface area contributed by atoms with E-state index in [2.05, 4.69) is 18.8 Å². The minimum absolute atomic E-state index is 0.0400. The fourth-order valence-corrected chi connectivity index (χ4v) is 3.40. The van der Waals surface area contributed by atoms with Crippen LogP contribution in [0.15, 0.2) is 36.5 Å². The van der Waals surface area contributed by atoms with Crippen molar-refractivity contribution in [3.63, 3.8) is 0 Å². The monoisotopic (exact) mass is 421 g/mol. The second kappa shape index (κ2) is 8.93. The molecule has 1 aliphatic heterocycles. The third-order valence-electron chi connectivity index (χ3n) is 5.17. The number of hydrogen-bond acceptors (Lipinski definition) is 4. The first-order valence-electron chi connectivity index (χ1n) is 9.94.